The number of nitrogens with one attached hydrogen (secondary N) is 2. The molecule has 0 aliphatic rings. The molecule has 0 radical (unpaired) electrons. The smallest absolute Gasteiger partial charge is 0.338 e. The fraction of sp³-hybridized carbons (Fsp3) is 0.190. The molecule has 1 heterocycles. The number of anilines is 4. The van der Waals surface area contributed by atoms with Crippen molar-refractivity contribution in [3.05, 3.63) is 70.4 Å². The van der Waals surface area contributed by atoms with Gasteiger partial charge in [-0.15, -0.1) is 0 Å². The lowest BCUT2D eigenvalue weighted by molar-refractivity contribution is 0.0526. The number of hydrogen-bond donors (Lipinski definition) is 2. The molecular weight excluding hydrogens is 376 g/mol. The Bertz CT molecular complexity index is 990. The molecule has 144 valence electrons. The zero-order chi connectivity index (χ0) is 20.1. The Hall–Kier alpha value is -3.12. The predicted octanol–water partition coefficient (Wildman–Crippen LogP) is 5.41. The Balaban J connectivity index is 1.78. The van der Waals surface area contributed by atoms with Crippen LogP contribution in [0.15, 0.2) is 48.5 Å². The molecule has 2 N–H and O–H groups in total. The van der Waals surface area contributed by atoms with E-state index in [1.54, 1.807) is 31.2 Å². The average molecular weight is 397 g/mol. The van der Waals surface area contributed by atoms with Crippen LogP contribution in [0.25, 0.3) is 0 Å². The number of esters is 1. The third-order valence-electron chi connectivity index (χ3n) is 3.97. The number of hydrogen-bond acceptors (Lipinski definition) is 6. The van der Waals surface area contributed by atoms with Crippen molar-refractivity contribution in [2.45, 2.75) is 20.8 Å². The maximum Gasteiger partial charge on any atom is 0.338 e. The minimum atomic E-state index is -0.338. The van der Waals surface area contributed by atoms with Gasteiger partial charge >= 0.3 is 5.97 Å². The average Bonchev–Trinajstić information content (AvgIpc) is 2.65. The van der Waals surface area contributed by atoms with Crippen LogP contribution in [0.2, 0.25) is 5.02 Å². The second-order valence-corrected chi connectivity index (χ2v) is 6.66. The number of benzene rings is 2. The molecule has 0 fully saturated rings. The van der Waals surface area contributed by atoms with Crippen molar-refractivity contribution in [3.8, 4) is 0 Å². The molecule has 0 spiro atoms. The normalized spacial score (nSPS) is 10.4. The highest BCUT2D eigenvalue weighted by Crippen LogP contribution is 2.24. The molecule has 0 saturated carbocycles. The molecule has 0 atom stereocenters. The molecule has 0 saturated heterocycles. The quantitative estimate of drug-likeness (QED) is 0.542. The first-order valence-electron chi connectivity index (χ1n) is 8.87. The minimum Gasteiger partial charge on any atom is -0.462 e. The topological polar surface area (TPSA) is 76.1 Å². The van der Waals surface area contributed by atoms with E-state index in [2.05, 4.69) is 20.6 Å². The van der Waals surface area contributed by atoms with Crippen molar-refractivity contribution in [1.29, 1.82) is 0 Å². The molecule has 28 heavy (non-hydrogen) atoms. The molecule has 0 amide bonds. The molecule has 0 unspecified atom stereocenters. The number of halogens is 1. The van der Waals surface area contributed by atoms with Crippen LogP contribution in [-0.2, 0) is 4.74 Å². The van der Waals surface area contributed by atoms with Crippen LogP contribution in [0.5, 0.6) is 0 Å². The summed E-state index contributed by atoms with van der Waals surface area (Å²) < 4.78 is 4.99. The lowest BCUT2D eigenvalue weighted by atomic mass is 10.2. The second-order valence-electron chi connectivity index (χ2n) is 6.23. The number of nitrogens with zero attached hydrogens (tertiary/aromatic N) is 2. The van der Waals surface area contributed by atoms with E-state index in [1.807, 2.05) is 38.1 Å². The summed E-state index contributed by atoms with van der Waals surface area (Å²) in [4.78, 5) is 20.7. The first-order valence-corrected chi connectivity index (χ1v) is 9.25. The lowest BCUT2D eigenvalue weighted by Crippen LogP contribution is -2.05. The Kier molecular flexibility index (Phi) is 6.11. The van der Waals surface area contributed by atoms with E-state index in [-0.39, 0.29) is 5.97 Å². The van der Waals surface area contributed by atoms with Crippen molar-refractivity contribution in [3.63, 3.8) is 0 Å². The number of rotatable bonds is 6. The van der Waals surface area contributed by atoms with E-state index in [0.29, 0.717) is 29.0 Å². The van der Waals surface area contributed by atoms with E-state index >= 15 is 0 Å². The molecule has 0 bridgehead atoms. The van der Waals surface area contributed by atoms with Gasteiger partial charge in [0.15, 0.2) is 0 Å². The third-order valence-corrected chi connectivity index (χ3v) is 4.20. The number of ether oxygens (including phenoxy) is 1. The highest BCUT2D eigenvalue weighted by Gasteiger charge is 2.08. The summed E-state index contributed by atoms with van der Waals surface area (Å²) in [6.07, 6.45) is 0. The molecule has 3 aromatic rings. The van der Waals surface area contributed by atoms with E-state index in [4.69, 9.17) is 16.3 Å². The van der Waals surface area contributed by atoms with Crippen LogP contribution in [-0.4, -0.2) is 22.5 Å². The van der Waals surface area contributed by atoms with Gasteiger partial charge < -0.3 is 15.4 Å². The van der Waals surface area contributed by atoms with Gasteiger partial charge in [0.2, 0.25) is 5.95 Å². The van der Waals surface area contributed by atoms with Gasteiger partial charge in [0.25, 0.3) is 0 Å². The number of aryl methyl sites for hydroxylation is 2. The molecule has 7 heteroatoms. The molecule has 3 rings (SSSR count). The van der Waals surface area contributed by atoms with Crippen molar-refractivity contribution in [1.82, 2.24) is 9.97 Å². The molecule has 1 aromatic heterocycles. The van der Waals surface area contributed by atoms with Gasteiger partial charge in [0, 0.05) is 28.2 Å². The fourth-order valence-corrected chi connectivity index (χ4v) is 2.76. The molecule has 2 aromatic carbocycles. The molecule has 0 aliphatic heterocycles. The van der Waals surface area contributed by atoms with Gasteiger partial charge in [0.05, 0.1) is 12.2 Å². The SMILES string of the molecule is CCOC(=O)c1ccc(Nc2cc(C)nc(Nc3cc(Cl)ccc3C)n2)cc1. The Morgan fingerprint density at radius 2 is 1.79 bits per heavy atom. The minimum absolute atomic E-state index is 0.338. The molecular formula is C21H21ClN4O2. The van der Waals surface area contributed by atoms with Crippen molar-refractivity contribution < 1.29 is 9.53 Å². The summed E-state index contributed by atoms with van der Waals surface area (Å²) in [7, 11) is 0. The summed E-state index contributed by atoms with van der Waals surface area (Å²) in [6.45, 7) is 6.01. The molecule has 6 nitrogen and oxygen atoms in total. The summed E-state index contributed by atoms with van der Waals surface area (Å²) in [5.74, 6) is 0.768. The summed E-state index contributed by atoms with van der Waals surface area (Å²) in [6, 6.07) is 14.5. The van der Waals surface area contributed by atoms with Crippen molar-refractivity contribution in [2.24, 2.45) is 0 Å². The van der Waals surface area contributed by atoms with Crippen LogP contribution < -0.4 is 10.6 Å². The van der Waals surface area contributed by atoms with Gasteiger partial charge in [-0.25, -0.2) is 9.78 Å². The largest absolute Gasteiger partial charge is 0.462 e. The van der Waals surface area contributed by atoms with Crippen LogP contribution >= 0.6 is 11.6 Å². The fourth-order valence-electron chi connectivity index (χ4n) is 2.59. The standard InChI is InChI=1S/C21H21ClN4O2/c1-4-28-20(27)15-6-9-17(10-7-15)24-19-11-14(3)23-21(26-19)25-18-12-16(22)8-5-13(18)2/h5-12H,4H2,1-3H3,(H2,23,24,25,26). The van der Waals surface area contributed by atoms with Crippen molar-refractivity contribution >= 4 is 40.7 Å². The highest BCUT2D eigenvalue weighted by atomic mass is 35.5. The summed E-state index contributed by atoms with van der Waals surface area (Å²) in [5, 5.41) is 7.08. The van der Waals surface area contributed by atoms with Gasteiger partial charge in [-0.05, 0) is 62.7 Å². The maximum absolute atomic E-state index is 11.7. The summed E-state index contributed by atoms with van der Waals surface area (Å²) in [5.41, 5.74) is 4.00. The van der Waals surface area contributed by atoms with Crippen LogP contribution in [0.1, 0.15) is 28.5 Å². The first-order chi connectivity index (χ1) is 13.4. The molecule has 0 aliphatic carbocycles. The lowest BCUT2D eigenvalue weighted by Gasteiger charge is -2.12. The van der Waals surface area contributed by atoms with Crippen LogP contribution in [0, 0.1) is 13.8 Å². The van der Waals surface area contributed by atoms with Gasteiger partial charge in [-0.1, -0.05) is 17.7 Å². The van der Waals surface area contributed by atoms with Crippen molar-refractivity contribution in [2.75, 3.05) is 17.2 Å². The monoisotopic (exact) mass is 396 g/mol. The maximum atomic E-state index is 11.7. The second kappa shape index (κ2) is 8.71. The predicted molar refractivity (Wildman–Crippen MR) is 112 cm³/mol. The Morgan fingerprint density at radius 3 is 2.50 bits per heavy atom. The van der Waals surface area contributed by atoms with Gasteiger partial charge in [0.1, 0.15) is 5.82 Å². The first kappa shape index (κ1) is 19.6. The Labute approximate surface area is 168 Å². The highest BCUT2D eigenvalue weighted by molar-refractivity contribution is 6.30. The number of carbonyl (C=O) groups is 1. The number of aromatic nitrogens is 2. The van der Waals surface area contributed by atoms with Crippen LogP contribution in [0.3, 0.4) is 0 Å². The van der Waals surface area contributed by atoms with E-state index in [1.165, 1.54) is 0 Å². The van der Waals surface area contributed by atoms with E-state index < -0.39 is 0 Å². The van der Waals surface area contributed by atoms with Gasteiger partial charge in [-0.3, -0.25) is 0 Å². The Morgan fingerprint density at radius 1 is 1.04 bits per heavy atom. The zero-order valence-corrected chi connectivity index (χ0v) is 16.7. The van der Waals surface area contributed by atoms with E-state index in [9.17, 15) is 4.79 Å². The van der Waals surface area contributed by atoms with Gasteiger partial charge in [-0.2, -0.15) is 4.98 Å². The number of carbonyl (C=O) groups excluding carboxylic acids is 1. The zero-order valence-electron chi connectivity index (χ0n) is 15.9. The summed E-state index contributed by atoms with van der Waals surface area (Å²) >= 11 is 6.08. The third kappa shape index (κ3) is 4.98. The van der Waals surface area contributed by atoms with E-state index in [0.717, 1.165) is 22.6 Å². The van der Waals surface area contributed by atoms with Crippen LogP contribution in [0.4, 0.5) is 23.1 Å².